The van der Waals surface area contributed by atoms with Gasteiger partial charge in [-0.05, 0) is 25.0 Å². The number of anilines is 1. The summed E-state index contributed by atoms with van der Waals surface area (Å²) < 4.78 is 5.20. The van der Waals surface area contributed by atoms with Crippen molar-refractivity contribution in [2.45, 2.75) is 26.7 Å². The Morgan fingerprint density at radius 3 is 2.41 bits per heavy atom. The number of amides is 2. The molecule has 5 N–H and O–H groups in total. The lowest BCUT2D eigenvalue weighted by molar-refractivity contribution is -0.125. The largest absolute Gasteiger partial charge is 0.484 e. The topological polar surface area (TPSA) is 107 Å². The Balaban J connectivity index is 0.00000441. The van der Waals surface area contributed by atoms with Crippen molar-refractivity contribution in [1.29, 1.82) is 0 Å². The fourth-order valence-electron chi connectivity index (χ4n) is 2.03. The normalized spacial score (nSPS) is 10.5. The van der Waals surface area contributed by atoms with E-state index in [0.717, 1.165) is 0 Å². The van der Waals surface area contributed by atoms with E-state index in [4.69, 9.17) is 16.2 Å². The van der Waals surface area contributed by atoms with E-state index < -0.39 is 11.3 Å². The molecule has 0 aliphatic rings. The predicted octanol–water partition coefficient (Wildman–Crippen LogP) is 1.68. The first-order valence-corrected chi connectivity index (χ1v) is 7.00. The third kappa shape index (κ3) is 5.20. The molecule has 1 aromatic rings. The lowest BCUT2D eigenvalue weighted by Gasteiger charge is -2.28. The highest BCUT2D eigenvalue weighted by Gasteiger charge is 2.33. The summed E-state index contributed by atoms with van der Waals surface area (Å²) >= 11 is 0. The Labute approximate surface area is 137 Å². The summed E-state index contributed by atoms with van der Waals surface area (Å²) in [6.07, 6.45) is 1.34. The molecule has 0 atom stereocenters. The van der Waals surface area contributed by atoms with Crippen LogP contribution in [0, 0.1) is 5.41 Å². The molecular weight excluding hydrogens is 306 g/mol. The lowest BCUT2D eigenvalue weighted by atomic mass is 9.81. The summed E-state index contributed by atoms with van der Waals surface area (Å²) in [5, 5.41) is 2.85. The number of primary amides is 1. The molecule has 2 amide bonds. The Morgan fingerprint density at radius 1 is 1.27 bits per heavy atom. The Morgan fingerprint density at radius 2 is 1.91 bits per heavy atom. The highest BCUT2D eigenvalue weighted by atomic mass is 35.5. The Bertz CT molecular complexity index is 496. The molecule has 0 aliphatic carbocycles. The van der Waals surface area contributed by atoms with Crippen LogP contribution < -0.4 is 21.5 Å². The summed E-state index contributed by atoms with van der Waals surface area (Å²) in [5.74, 6) is -0.191. The minimum Gasteiger partial charge on any atom is -0.484 e. The number of rotatable bonds is 8. The molecule has 7 heteroatoms. The van der Waals surface area contributed by atoms with Crippen molar-refractivity contribution in [1.82, 2.24) is 0 Å². The number of hydrogen-bond acceptors (Lipinski definition) is 4. The molecule has 1 rings (SSSR count). The number of nitrogens with two attached hydrogens (primary N) is 2. The smallest absolute Gasteiger partial charge is 0.255 e. The van der Waals surface area contributed by atoms with Crippen molar-refractivity contribution < 1.29 is 14.3 Å². The van der Waals surface area contributed by atoms with Gasteiger partial charge in [-0.1, -0.05) is 19.9 Å². The highest BCUT2D eigenvalue weighted by molar-refractivity contribution is 5.95. The number of ether oxygens (including phenoxy) is 1. The first kappa shape index (κ1) is 20.2. The summed E-state index contributed by atoms with van der Waals surface area (Å²) in [5.41, 5.74) is 10.8. The van der Waals surface area contributed by atoms with Crippen LogP contribution in [0.25, 0.3) is 0 Å². The third-order valence-corrected chi connectivity index (χ3v) is 3.70. The molecule has 0 aliphatic heterocycles. The molecule has 22 heavy (non-hydrogen) atoms. The predicted molar refractivity (Wildman–Crippen MR) is 89.1 cm³/mol. The number of carbonyl (C=O) groups excluding carboxylic acids is 2. The quantitative estimate of drug-likeness (QED) is 0.674. The molecule has 6 nitrogen and oxygen atoms in total. The summed E-state index contributed by atoms with van der Waals surface area (Å²) in [7, 11) is 0. The maximum absolute atomic E-state index is 12.4. The van der Waals surface area contributed by atoms with Crippen LogP contribution in [-0.2, 0) is 9.59 Å². The third-order valence-electron chi connectivity index (χ3n) is 3.70. The summed E-state index contributed by atoms with van der Waals surface area (Å²) in [6, 6.07) is 6.82. The molecule has 0 spiro atoms. The number of hydrogen-bond donors (Lipinski definition) is 3. The highest BCUT2D eigenvalue weighted by Crippen LogP contribution is 2.27. The van der Waals surface area contributed by atoms with Crippen molar-refractivity contribution in [3.63, 3.8) is 0 Å². The van der Waals surface area contributed by atoms with E-state index in [-0.39, 0.29) is 24.9 Å². The van der Waals surface area contributed by atoms with Gasteiger partial charge in [0.2, 0.25) is 5.91 Å². The van der Waals surface area contributed by atoms with Gasteiger partial charge in [-0.2, -0.15) is 0 Å². The van der Waals surface area contributed by atoms with Gasteiger partial charge >= 0.3 is 0 Å². The van der Waals surface area contributed by atoms with Gasteiger partial charge < -0.3 is 21.5 Å². The fourth-order valence-corrected chi connectivity index (χ4v) is 2.03. The summed E-state index contributed by atoms with van der Waals surface area (Å²) in [6.45, 7) is 3.99. The zero-order chi connectivity index (χ0) is 15.9. The van der Waals surface area contributed by atoms with Crippen LogP contribution in [0.5, 0.6) is 5.75 Å². The van der Waals surface area contributed by atoms with Crippen molar-refractivity contribution in [2.24, 2.45) is 16.9 Å². The van der Waals surface area contributed by atoms with E-state index in [0.29, 0.717) is 30.8 Å². The SMILES string of the molecule is CCC(CC)(CN)C(=O)Nc1cccc(OCC(N)=O)c1.Cl. The van der Waals surface area contributed by atoms with Crippen molar-refractivity contribution in [2.75, 3.05) is 18.5 Å². The second kappa shape index (κ2) is 9.27. The van der Waals surface area contributed by atoms with Gasteiger partial charge in [0.15, 0.2) is 6.61 Å². The van der Waals surface area contributed by atoms with Gasteiger partial charge in [0.05, 0.1) is 5.41 Å². The number of nitrogens with one attached hydrogen (secondary N) is 1. The van der Waals surface area contributed by atoms with Crippen LogP contribution in [0.2, 0.25) is 0 Å². The fraction of sp³-hybridized carbons (Fsp3) is 0.467. The maximum atomic E-state index is 12.4. The molecule has 0 bridgehead atoms. The molecule has 0 radical (unpaired) electrons. The van der Waals surface area contributed by atoms with Crippen LogP contribution >= 0.6 is 12.4 Å². The molecular formula is C15H24ClN3O3. The number of benzene rings is 1. The van der Waals surface area contributed by atoms with E-state index in [9.17, 15) is 9.59 Å². The van der Waals surface area contributed by atoms with Gasteiger partial charge in [-0.15, -0.1) is 12.4 Å². The lowest BCUT2D eigenvalue weighted by Crippen LogP contribution is -2.41. The van der Waals surface area contributed by atoms with Crippen LogP contribution in [0.4, 0.5) is 5.69 Å². The van der Waals surface area contributed by atoms with Gasteiger partial charge in [-0.25, -0.2) is 0 Å². The molecule has 0 aromatic heterocycles. The average Bonchev–Trinajstić information content (AvgIpc) is 2.48. The zero-order valence-electron chi connectivity index (χ0n) is 12.9. The van der Waals surface area contributed by atoms with E-state index in [1.54, 1.807) is 24.3 Å². The minimum atomic E-state index is -0.565. The summed E-state index contributed by atoms with van der Waals surface area (Å²) in [4.78, 5) is 23.1. The monoisotopic (exact) mass is 329 g/mol. The van der Waals surface area contributed by atoms with Crippen LogP contribution in [-0.4, -0.2) is 25.0 Å². The standard InChI is InChI=1S/C15H23N3O3.ClH/c1-3-15(4-2,10-16)14(20)18-11-6-5-7-12(8-11)21-9-13(17)19;/h5-8H,3-4,9-10,16H2,1-2H3,(H2,17,19)(H,18,20);1H. The Hall–Kier alpha value is -1.79. The van der Waals surface area contributed by atoms with E-state index >= 15 is 0 Å². The molecule has 0 fully saturated rings. The molecule has 1 aromatic carbocycles. The van der Waals surface area contributed by atoms with E-state index in [1.165, 1.54) is 0 Å². The average molecular weight is 330 g/mol. The molecule has 124 valence electrons. The van der Waals surface area contributed by atoms with E-state index in [2.05, 4.69) is 5.32 Å². The number of halogens is 1. The molecule has 0 heterocycles. The second-order valence-corrected chi connectivity index (χ2v) is 4.93. The zero-order valence-corrected chi connectivity index (χ0v) is 13.7. The van der Waals surface area contributed by atoms with Crippen LogP contribution in [0.1, 0.15) is 26.7 Å². The first-order valence-electron chi connectivity index (χ1n) is 7.00. The second-order valence-electron chi connectivity index (χ2n) is 4.93. The Kier molecular flexibility index (Phi) is 8.52. The van der Waals surface area contributed by atoms with Crippen LogP contribution in [0.3, 0.4) is 0 Å². The minimum absolute atomic E-state index is 0. The van der Waals surface area contributed by atoms with Gasteiger partial charge in [-0.3, -0.25) is 9.59 Å². The van der Waals surface area contributed by atoms with Gasteiger partial charge in [0.1, 0.15) is 5.75 Å². The number of carbonyl (C=O) groups is 2. The molecule has 0 saturated heterocycles. The molecule has 0 unspecified atom stereocenters. The van der Waals surface area contributed by atoms with Crippen molar-refractivity contribution >= 4 is 29.9 Å². The van der Waals surface area contributed by atoms with Crippen molar-refractivity contribution in [3.8, 4) is 5.75 Å². The maximum Gasteiger partial charge on any atom is 0.255 e. The van der Waals surface area contributed by atoms with Crippen LogP contribution in [0.15, 0.2) is 24.3 Å². The van der Waals surface area contributed by atoms with E-state index in [1.807, 2.05) is 13.8 Å². The van der Waals surface area contributed by atoms with Gasteiger partial charge in [0, 0.05) is 18.3 Å². The molecule has 0 saturated carbocycles. The van der Waals surface area contributed by atoms with Crippen molar-refractivity contribution in [3.05, 3.63) is 24.3 Å². The first-order chi connectivity index (χ1) is 9.97. The van der Waals surface area contributed by atoms with Gasteiger partial charge in [0.25, 0.3) is 5.91 Å².